The summed E-state index contributed by atoms with van der Waals surface area (Å²) in [7, 11) is 0. The van der Waals surface area contributed by atoms with Crippen LogP contribution in [0.2, 0.25) is 0 Å². The number of carboxylic acid groups (broad SMARTS) is 1. The lowest BCUT2D eigenvalue weighted by Crippen LogP contribution is -2.48. The second kappa shape index (κ2) is 9.25. The van der Waals surface area contributed by atoms with Gasteiger partial charge in [-0.05, 0) is 12.1 Å². The number of nitrogens with zero attached hydrogens (tertiary/aromatic N) is 3. The number of carboxylic acids is 1. The van der Waals surface area contributed by atoms with Gasteiger partial charge in [0.05, 0.1) is 24.5 Å². The van der Waals surface area contributed by atoms with Crippen LogP contribution in [0, 0.1) is 5.92 Å². The largest absolute Gasteiger partial charge is 0.480 e. The number of hydrogen-bond acceptors (Lipinski definition) is 8. The maximum absolute atomic E-state index is 11.5. The van der Waals surface area contributed by atoms with E-state index >= 15 is 0 Å². The van der Waals surface area contributed by atoms with Crippen LogP contribution < -0.4 is 5.32 Å². The minimum absolute atomic E-state index is 0.244. The first-order chi connectivity index (χ1) is 14.7. The summed E-state index contributed by atoms with van der Waals surface area (Å²) >= 11 is 0. The molecule has 0 saturated heterocycles. The first-order valence-electron chi connectivity index (χ1n) is 9.60. The number of hydrogen-bond donors (Lipinski definition) is 5. The number of nitrogens with one attached hydrogen (secondary N) is 1. The Morgan fingerprint density at radius 3 is 2.65 bits per heavy atom. The lowest BCUT2D eigenvalue weighted by atomic mass is 9.87. The van der Waals surface area contributed by atoms with Crippen molar-refractivity contribution in [1.29, 1.82) is 0 Å². The second-order valence-electron chi connectivity index (χ2n) is 7.32. The van der Waals surface area contributed by atoms with Crippen molar-refractivity contribution in [2.24, 2.45) is 5.92 Å². The topological polar surface area (TPSA) is 167 Å². The predicted octanol–water partition coefficient (Wildman–Crippen LogP) is 0.162. The molecule has 1 aliphatic heterocycles. The van der Waals surface area contributed by atoms with E-state index in [9.17, 15) is 24.9 Å². The van der Waals surface area contributed by atoms with Gasteiger partial charge in [-0.25, -0.2) is 9.48 Å². The third-order valence-corrected chi connectivity index (χ3v) is 5.10. The molecule has 0 saturated carbocycles. The van der Waals surface area contributed by atoms with Crippen molar-refractivity contribution < 1.29 is 34.8 Å². The molecule has 1 amide bonds. The standard InChI is InChI=1S/C20H24N4O7/c1-10-15(7-17(20(29)30)31-19(10)18(28)16(27)9-25)24-8-14(22-23-24)12-5-3-4-6-13(12)21-11(2)26/h3-8,10,15-16,18-19,25,27-28H,9H2,1-2H3,(H,21,26)(H,29,30)/t10-,15+,16-,18-,19-/m1/s1. The third kappa shape index (κ3) is 4.74. The van der Waals surface area contributed by atoms with Gasteiger partial charge in [0, 0.05) is 18.4 Å². The lowest BCUT2D eigenvalue weighted by Gasteiger charge is -2.37. The maximum Gasteiger partial charge on any atom is 0.370 e. The van der Waals surface area contributed by atoms with Crippen molar-refractivity contribution in [2.45, 2.75) is 38.2 Å². The number of rotatable bonds is 7. The minimum atomic E-state index is -1.52. The fourth-order valence-corrected chi connectivity index (χ4v) is 3.49. The normalized spacial score (nSPS) is 22.7. The van der Waals surface area contributed by atoms with Crippen LogP contribution in [0.3, 0.4) is 0 Å². The van der Waals surface area contributed by atoms with Crippen LogP contribution in [0.5, 0.6) is 0 Å². The summed E-state index contributed by atoms with van der Waals surface area (Å²) in [6.07, 6.45) is -1.19. The van der Waals surface area contributed by atoms with Gasteiger partial charge in [-0.15, -0.1) is 5.10 Å². The van der Waals surface area contributed by atoms with Crippen LogP contribution in [0.1, 0.15) is 19.9 Å². The number of aliphatic hydroxyl groups excluding tert-OH is 3. The van der Waals surface area contributed by atoms with Gasteiger partial charge >= 0.3 is 5.97 Å². The molecule has 5 atom stereocenters. The molecule has 0 spiro atoms. The van der Waals surface area contributed by atoms with Gasteiger partial charge < -0.3 is 30.5 Å². The monoisotopic (exact) mass is 432 g/mol. The third-order valence-electron chi connectivity index (χ3n) is 5.10. The molecule has 0 aliphatic carbocycles. The highest BCUT2D eigenvalue weighted by Gasteiger charge is 2.41. The molecule has 5 N–H and O–H groups in total. The molecule has 0 bridgehead atoms. The van der Waals surface area contributed by atoms with E-state index in [1.54, 1.807) is 37.4 Å². The Hall–Kier alpha value is -3.28. The zero-order chi connectivity index (χ0) is 22.7. The van der Waals surface area contributed by atoms with Crippen LogP contribution in [0.25, 0.3) is 11.3 Å². The van der Waals surface area contributed by atoms with Crippen LogP contribution in [0.15, 0.2) is 42.3 Å². The van der Waals surface area contributed by atoms with E-state index in [4.69, 9.17) is 9.84 Å². The second-order valence-corrected chi connectivity index (χ2v) is 7.32. The summed E-state index contributed by atoms with van der Waals surface area (Å²) < 4.78 is 6.81. The smallest absolute Gasteiger partial charge is 0.370 e. The minimum Gasteiger partial charge on any atom is -0.480 e. The van der Waals surface area contributed by atoms with Gasteiger partial charge in [-0.1, -0.05) is 30.3 Å². The van der Waals surface area contributed by atoms with E-state index in [1.165, 1.54) is 17.7 Å². The van der Waals surface area contributed by atoms with Gasteiger partial charge in [0.15, 0.2) is 0 Å². The van der Waals surface area contributed by atoms with Gasteiger partial charge in [-0.2, -0.15) is 0 Å². The van der Waals surface area contributed by atoms with Gasteiger partial charge in [-0.3, -0.25) is 4.79 Å². The number of aliphatic carboxylic acids is 1. The highest BCUT2D eigenvalue weighted by Crippen LogP contribution is 2.35. The number of ether oxygens (including phenoxy) is 1. The average Bonchev–Trinajstić information content (AvgIpc) is 3.22. The predicted molar refractivity (Wildman–Crippen MR) is 108 cm³/mol. The Bertz CT molecular complexity index is 989. The summed E-state index contributed by atoms with van der Waals surface area (Å²) in [5.41, 5.74) is 1.61. The molecular formula is C20H24N4O7. The number of allylic oxidation sites excluding steroid dienone is 1. The van der Waals surface area contributed by atoms with Crippen molar-refractivity contribution in [2.75, 3.05) is 11.9 Å². The number of amides is 1. The van der Waals surface area contributed by atoms with E-state index in [0.29, 0.717) is 16.9 Å². The van der Waals surface area contributed by atoms with Crippen LogP contribution in [0.4, 0.5) is 5.69 Å². The lowest BCUT2D eigenvalue weighted by molar-refractivity contribution is -0.148. The van der Waals surface area contributed by atoms with Crippen LogP contribution >= 0.6 is 0 Å². The number of aromatic nitrogens is 3. The Morgan fingerprint density at radius 1 is 1.29 bits per heavy atom. The summed E-state index contributed by atoms with van der Waals surface area (Å²) in [4.78, 5) is 23.0. The molecule has 11 nitrogen and oxygen atoms in total. The fraction of sp³-hybridized carbons (Fsp3) is 0.400. The molecule has 1 aromatic carbocycles. The molecule has 0 radical (unpaired) electrons. The zero-order valence-electron chi connectivity index (χ0n) is 16.9. The number of carbonyl (C=O) groups excluding carboxylic acids is 1. The summed E-state index contributed by atoms with van der Waals surface area (Å²) in [6.45, 7) is 2.38. The molecule has 2 heterocycles. The van der Waals surface area contributed by atoms with Crippen LogP contribution in [-0.2, 0) is 14.3 Å². The molecule has 1 aromatic heterocycles. The van der Waals surface area contributed by atoms with Gasteiger partial charge in [0.1, 0.15) is 24.0 Å². The molecule has 0 unspecified atom stereocenters. The van der Waals surface area contributed by atoms with Crippen molar-refractivity contribution >= 4 is 17.6 Å². The first-order valence-corrected chi connectivity index (χ1v) is 9.60. The van der Waals surface area contributed by atoms with Crippen molar-refractivity contribution in [1.82, 2.24) is 15.0 Å². The molecule has 11 heteroatoms. The Balaban J connectivity index is 1.97. The van der Waals surface area contributed by atoms with E-state index < -0.39 is 48.6 Å². The molecule has 31 heavy (non-hydrogen) atoms. The Labute approximate surface area is 177 Å². The zero-order valence-corrected chi connectivity index (χ0v) is 16.9. The number of anilines is 1. The molecular weight excluding hydrogens is 408 g/mol. The van der Waals surface area contributed by atoms with Crippen molar-refractivity contribution in [3.63, 3.8) is 0 Å². The quantitative estimate of drug-likeness (QED) is 0.409. The fourth-order valence-electron chi connectivity index (χ4n) is 3.49. The molecule has 1 aliphatic rings. The number of para-hydroxylation sites is 1. The molecule has 0 fully saturated rings. The number of benzene rings is 1. The highest BCUT2D eigenvalue weighted by atomic mass is 16.5. The molecule has 3 rings (SSSR count). The van der Waals surface area contributed by atoms with Crippen molar-refractivity contribution in [3.8, 4) is 11.3 Å². The summed E-state index contributed by atoms with van der Waals surface area (Å²) in [6, 6.07) is 6.36. The van der Waals surface area contributed by atoms with Crippen molar-refractivity contribution in [3.05, 3.63) is 42.3 Å². The summed E-state index contributed by atoms with van der Waals surface area (Å²) in [5.74, 6) is -2.53. The number of carbonyl (C=O) groups is 2. The van der Waals surface area contributed by atoms with E-state index in [2.05, 4.69) is 15.6 Å². The molecule has 2 aromatic rings. The first kappa shape index (κ1) is 22.4. The van der Waals surface area contributed by atoms with Gasteiger partial charge in [0.25, 0.3) is 0 Å². The van der Waals surface area contributed by atoms with Gasteiger partial charge in [0.2, 0.25) is 11.7 Å². The summed E-state index contributed by atoms with van der Waals surface area (Å²) in [5, 5.41) is 49.7. The maximum atomic E-state index is 11.5. The van der Waals surface area contributed by atoms with Crippen LogP contribution in [-0.4, -0.2) is 72.2 Å². The molecule has 166 valence electrons. The Kier molecular flexibility index (Phi) is 6.68. The number of aliphatic hydroxyl groups is 3. The average molecular weight is 432 g/mol. The Morgan fingerprint density at radius 2 is 2.00 bits per heavy atom. The van der Waals surface area contributed by atoms with E-state index in [0.717, 1.165) is 0 Å². The SMILES string of the molecule is CC(=O)Nc1ccccc1-c1cn([C@H]2C=C(C(=O)O)O[C@@H]([C@H](O)[C@H](O)CO)[C@@H]2C)nn1. The van der Waals surface area contributed by atoms with E-state index in [-0.39, 0.29) is 5.91 Å². The highest BCUT2D eigenvalue weighted by molar-refractivity contribution is 5.93. The van der Waals surface area contributed by atoms with E-state index in [1.807, 2.05) is 0 Å².